The number of hydrogen-bond acceptors (Lipinski definition) is 8. The Bertz CT molecular complexity index is 1080. The summed E-state index contributed by atoms with van der Waals surface area (Å²) in [6.07, 6.45) is 0. The second-order valence-corrected chi connectivity index (χ2v) is 6.77. The number of nitrogens with zero attached hydrogens (tertiary/aromatic N) is 2. The Morgan fingerprint density at radius 1 is 1.16 bits per heavy atom. The van der Waals surface area contributed by atoms with E-state index in [0.717, 1.165) is 7.11 Å². The van der Waals surface area contributed by atoms with Crippen molar-refractivity contribution in [2.45, 2.75) is 6.92 Å². The maximum absolute atomic E-state index is 12.9. The standard InChI is InChI=1S/C22H22N2O7/c1-14-13-17(25)20(21(26)30-4)19(15-9-5-6-10-16(15)24(28)29)18(14)22(27)31-12-8-7-11-23(2)3/h5-6,9-10,13,25H,11-12H2,1-4H3. The highest BCUT2D eigenvalue weighted by molar-refractivity contribution is 6.09. The average molecular weight is 426 g/mol. The third kappa shape index (κ3) is 5.38. The van der Waals surface area contributed by atoms with Gasteiger partial charge in [0.25, 0.3) is 5.69 Å². The summed E-state index contributed by atoms with van der Waals surface area (Å²) in [6, 6.07) is 6.79. The summed E-state index contributed by atoms with van der Waals surface area (Å²) in [5.74, 6) is 3.26. The van der Waals surface area contributed by atoms with E-state index >= 15 is 0 Å². The Balaban J connectivity index is 2.69. The Labute approximate surface area is 179 Å². The molecule has 0 bridgehead atoms. The number of hydrogen-bond donors (Lipinski definition) is 1. The van der Waals surface area contributed by atoms with Gasteiger partial charge >= 0.3 is 11.9 Å². The SMILES string of the molecule is COC(=O)c1c(O)cc(C)c(C(=O)OCC#CCN(C)C)c1-c1ccccc1[N+](=O)[O-]. The molecule has 162 valence electrons. The van der Waals surface area contributed by atoms with Crippen molar-refractivity contribution in [3.8, 4) is 28.7 Å². The molecule has 9 nitrogen and oxygen atoms in total. The molecule has 0 saturated carbocycles. The highest BCUT2D eigenvalue weighted by atomic mass is 16.6. The maximum Gasteiger partial charge on any atom is 0.342 e. The minimum atomic E-state index is -0.953. The van der Waals surface area contributed by atoms with Crippen molar-refractivity contribution in [1.29, 1.82) is 0 Å². The zero-order valence-electron chi connectivity index (χ0n) is 17.6. The molecule has 0 atom stereocenters. The minimum absolute atomic E-state index is 0.0301. The van der Waals surface area contributed by atoms with E-state index in [1.54, 1.807) is 0 Å². The van der Waals surface area contributed by atoms with Crippen LogP contribution in [0.5, 0.6) is 5.75 Å². The lowest BCUT2D eigenvalue weighted by Gasteiger charge is -2.17. The Kier molecular flexibility index (Phi) is 7.71. The second-order valence-electron chi connectivity index (χ2n) is 6.77. The number of phenolic OH excluding ortho intramolecular Hbond substituents is 1. The number of para-hydroxylation sites is 1. The van der Waals surface area contributed by atoms with Crippen LogP contribution in [0, 0.1) is 28.9 Å². The monoisotopic (exact) mass is 426 g/mol. The third-order valence-corrected chi connectivity index (χ3v) is 4.26. The van der Waals surface area contributed by atoms with Crippen molar-refractivity contribution in [3.63, 3.8) is 0 Å². The molecule has 31 heavy (non-hydrogen) atoms. The molecule has 0 radical (unpaired) electrons. The number of phenols is 1. The zero-order chi connectivity index (χ0) is 23.1. The Morgan fingerprint density at radius 2 is 1.84 bits per heavy atom. The number of carbonyl (C=O) groups is 2. The summed E-state index contributed by atoms with van der Waals surface area (Å²) in [5, 5.41) is 22.0. The van der Waals surface area contributed by atoms with Gasteiger partial charge in [-0.25, -0.2) is 9.59 Å². The first kappa shape index (κ1) is 23.4. The van der Waals surface area contributed by atoms with Gasteiger partial charge < -0.3 is 14.6 Å². The summed E-state index contributed by atoms with van der Waals surface area (Å²) in [4.78, 5) is 38.1. The molecule has 9 heteroatoms. The molecule has 0 heterocycles. The first-order valence-electron chi connectivity index (χ1n) is 9.15. The van der Waals surface area contributed by atoms with E-state index in [2.05, 4.69) is 11.8 Å². The number of ether oxygens (including phenoxy) is 2. The molecule has 2 rings (SSSR count). The fourth-order valence-electron chi connectivity index (χ4n) is 2.92. The molecule has 0 aliphatic rings. The molecule has 0 unspecified atom stereocenters. The Morgan fingerprint density at radius 3 is 2.45 bits per heavy atom. The predicted octanol–water partition coefficient (Wildman–Crippen LogP) is 2.78. The van der Waals surface area contributed by atoms with Crippen molar-refractivity contribution >= 4 is 17.6 Å². The van der Waals surface area contributed by atoms with E-state index in [-0.39, 0.29) is 40.1 Å². The van der Waals surface area contributed by atoms with Crippen molar-refractivity contribution < 1.29 is 29.1 Å². The van der Waals surface area contributed by atoms with E-state index in [1.165, 1.54) is 37.3 Å². The highest BCUT2D eigenvalue weighted by Crippen LogP contribution is 2.40. The molecule has 2 aromatic rings. The smallest absolute Gasteiger partial charge is 0.342 e. The van der Waals surface area contributed by atoms with Crippen LogP contribution in [0.1, 0.15) is 26.3 Å². The molecule has 0 fully saturated rings. The number of aryl methyl sites for hydroxylation is 1. The molecule has 0 aromatic heterocycles. The van der Waals surface area contributed by atoms with Gasteiger partial charge in [0, 0.05) is 11.6 Å². The molecular weight excluding hydrogens is 404 g/mol. The van der Waals surface area contributed by atoms with E-state index < -0.39 is 22.6 Å². The van der Waals surface area contributed by atoms with Crippen molar-refractivity contribution in [3.05, 3.63) is 57.1 Å². The lowest BCUT2D eigenvalue weighted by atomic mass is 9.89. The van der Waals surface area contributed by atoms with Crippen LogP contribution in [0.25, 0.3) is 11.1 Å². The van der Waals surface area contributed by atoms with Gasteiger partial charge in [-0.15, -0.1) is 0 Å². The molecule has 0 aliphatic heterocycles. The molecular formula is C22H22N2O7. The first-order valence-corrected chi connectivity index (χ1v) is 9.15. The van der Waals surface area contributed by atoms with E-state index in [1.807, 2.05) is 19.0 Å². The molecule has 2 aromatic carbocycles. The van der Waals surface area contributed by atoms with Crippen molar-refractivity contribution in [1.82, 2.24) is 4.90 Å². The maximum atomic E-state index is 12.9. The number of rotatable bonds is 6. The minimum Gasteiger partial charge on any atom is -0.507 e. The van der Waals surface area contributed by atoms with Crippen molar-refractivity contribution in [2.24, 2.45) is 0 Å². The second kappa shape index (κ2) is 10.2. The molecule has 0 amide bonds. The number of esters is 2. The van der Waals surface area contributed by atoms with Gasteiger partial charge in [-0.3, -0.25) is 15.0 Å². The highest BCUT2D eigenvalue weighted by Gasteiger charge is 2.31. The Hall–Kier alpha value is -3.90. The summed E-state index contributed by atoms with van der Waals surface area (Å²) >= 11 is 0. The molecule has 0 spiro atoms. The number of carbonyl (C=O) groups excluding carboxylic acids is 2. The quantitative estimate of drug-likeness (QED) is 0.324. The van der Waals surface area contributed by atoms with Gasteiger partial charge in [0.05, 0.1) is 29.7 Å². The number of aromatic hydroxyl groups is 1. The van der Waals surface area contributed by atoms with Crippen LogP contribution in [0.4, 0.5) is 5.69 Å². The number of benzene rings is 2. The summed E-state index contributed by atoms with van der Waals surface area (Å²) in [6.45, 7) is 1.79. The van der Waals surface area contributed by atoms with Gasteiger partial charge in [0.1, 0.15) is 11.3 Å². The number of nitro benzene ring substituents is 1. The summed E-state index contributed by atoms with van der Waals surface area (Å²) in [5.41, 5.74) is -0.711. The van der Waals surface area contributed by atoms with Gasteiger partial charge in [-0.1, -0.05) is 24.0 Å². The van der Waals surface area contributed by atoms with Crippen LogP contribution in [0.3, 0.4) is 0 Å². The zero-order valence-corrected chi connectivity index (χ0v) is 17.6. The van der Waals surface area contributed by atoms with E-state index in [9.17, 15) is 24.8 Å². The topological polar surface area (TPSA) is 119 Å². The van der Waals surface area contributed by atoms with Gasteiger partial charge in [-0.05, 0) is 38.7 Å². The van der Waals surface area contributed by atoms with E-state index in [0.29, 0.717) is 6.54 Å². The summed E-state index contributed by atoms with van der Waals surface area (Å²) in [7, 11) is 4.78. The van der Waals surface area contributed by atoms with Crippen LogP contribution >= 0.6 is 0 Å². The molecule has 0 aliphatic carbocycles. The van der Waals surface area contributed by atoms with Gasteiger partial charge in [0.2, 0.25) is 0 Å². The van der Waals surface area contributed by atoms with Crippen molar-refractivity contribution in [2.75, 3.05) is 34.4 Å². The largest absolute Gasteiger partial charge is 0.507 e. The molecule has 1 N–H and O–H groups in total. The van der Waals surface area contributed by atoms with E-state index in [4.69, 9.17) is 9.47 Å². The lowest BCUT2D eigenvalue weighted by Crippen LogP contribution is -2.15. The van der Waals surface area contributed by atoms with Gasteiger partial charge in [0.15, 0.2) is 6.61 Å². The fraction of sp³-hybridized carbons (Fsp3) is 0.273. The average Bonchev–Trinajstić information content (AvgIpc) is 2.72. The fourth-order valence-corrected chi connectivity index (χ4v) is 2.92. The van der Waals surface area contributed by atoms with Crippen LogP contribution < -0.4 is 0 Å². The van der Waals surface area contributed by atoms with Crippen LogP contribution in [0.15, 0.2) is 30.3 Å². The first-order chi connectivity index (χ1) is 14.7. The van der Waals surface area contributed by atoms with Crippen LogP contribution in [-0.4, -0.2) is 61.2 Å². The third-order valence-electron chi connectivity index (χ3n) is 4.26. The number of nitro groups is 1. The number of methoxy groups -OCH3 is 1. The lowest BCUT2D eigenvalue weighted by molar-refractivity contribution is -0.384. The van der Waals surface area contributed by atoms with Crippen LogP contribution in [-0.2, 0) is 9.47 Å². The predicted molar refractivity (Wildman–Crippen MR) is 113 cm³/mol. The molecule has 0 saturated heterocycles. The van der Waals surface area contributed by atoms with Gasteiger partial charge in [-0.2, -0.15) is 0 Å². The normalized spacial score (nSPS) is 10.2. The summed E-state index contributed by atoms with van der Waals surface area (Å²) < 4.78 is 9.97. The van der Waals surface area contributed by atoms with Crippen LogP contribution in [0.2, 0.25) is 0 Å².